The fourth-order valence-electron chi connectivity index (χ4n) is 1.76. The Morgan fingerprint density at radius 1 is 1.39 bits per heavy atom. The van der Waals surface area contributed by atoms with Gasteiger partial charge in [0.1, 0.15) is 12.4 Å². The van der Waals surface area contributed by atoms with Crippen LogP contribution in [0.2, 0.25) is 5.02 Å². The number of aliphatic hydroxyl groups excluding tert-OH is 1. The van der Waals surface area contributed by atoms with E-state index in [1.165, 1.54) is 12.1 Å². The normalized spacial score (nSPS) is 10.9. The predicted octanol–water partition coefficient (Wildman–Crippen LogP) is 2.64. The molecule has 0 atom stereocenters. The van der Waals surface area contributed by atoms with Gasteiger partial charge in [0.2, 0.25) is 0 Å². The summed E-state index contributed by atoms with van der Waals surface area (Å²) in [5, 5.41) is 17.2. The number of halogens is 2. The van der Waals surface area contributed by atoms with Crippen molar-refractivity contribution >= 4 is 11.6 Å². The molecule has 0 fully saturated rings. The minimum absolute atomic E-state index is 0.0455. The van der Waals surface area contributed by atoms with Crippen molar-refractivity contribution in [2.45, 2.75) is 26.5 Å². The van der Waals surface area contributed by atoms with E-state index in [4.69, 9.17) is 11.6 Å². The van der Waals surface area contributed by atoms with Crippen LogP contribution in [-0.2, 0) is 13.2 Å². The van der Waals surface area contributed by atoms with Gasteiger partial charge >= 0.3 is 0 Å². The van der Waals surface area contributed by atoms with E-state index in [-0.39, 0.29) is 11.6 Å². The molecule has 0 bridgehead atoms. The van der Waals surface area contributed by atoms with Crippen LogP contribution < -0.4 is 0 Å². The first kappa shape index (κ1) is 13.0. The van der Waals surface area contributed by atoms with Gasteiger partial charge in [-0.1, -0.05) is 18.5 Å². The van der Waals surface area contributed by atoms with Gasteiger partial charge in [-0.3, -0.25) is 0 Å². The summed E-state index contributed by atoms with van der Waals surface area (Å²) in [4.78, 5) is 0. The lowest BCUT2D eigenvalue weighted by molar-refractivity contribution is 0.264. The Morgan fingerprint density at radius 3 is 2.78 bits per heavy atom. The molecule has 0 spiro atoms. The van der Waals surface area contributed by atoms with E-state index in [1.54, 1.807) is 6.07 Å². The molecule has 1 N–H and O–H groups in total. The summed E-state index contributed by atoms with van der Waals surface area (Å²) >= 11 is 5.75. The first-order valence-electron chi connectivity index (χ1n) is 5.65. The maximum Gasteiger partial charge on any atom is 0.164 e. The summed E-state index contributed by atoms with van der Waals surface area (Å²) < 4.78 is 14.9. The van der Waals surface area contributed by atoms with Gasteiger partial charge in [-0.05, 0) is 24.6 Å². The zero-order valence-electron chi connectivity index (χ0n) is 9.90. The van der Waals surface area contributed by atoms with E-state index in [2.05, 4.69) is 10.2 Å². The Kier molecular flexibility index (Phi) is 3.93. The summed E-state index contributed by atoms with van der Waals surface area (Å²) in [6.07, 6.45) is 0.882. The number of hydrogen-bond acceptors (Lipinski definition) is 3. The highest BCUT2D eigenvalue weighted by atomic mass is 35.5. The zero-order valence-corrected chi connectivity index (χ0v) is 10.7. The Hall–Kier alpha value is -1.46. The topological polar surface area (TPSA) is 50.9 Å². The van der Waals surface area contributed by atoms with E-state index in [9.17, 15) is 9.50 Å². The van der Waals surface area contributed by atoms with E-state index >= 15 is 0 Å². The second-order valence-electron chi connectivity index (χ2n) is 3.88. The molecular formula is C12H13ClFN3O. The van der Waals surface area contributed by atoms with Crippen molar-refractivity contribution < 1.29 is 9.50 Å². The summed E-state index contributed by atoms with van der Waals surface area (Å²) in [7, 11) is 0. The van der Waals surface area contributed by atoms with Crippen molar-refractivity contribution in [3.63, 3.8) is 0 Å². The molecule has 2 aromatic rings. The van der Waals surface area contributed by atoms with Gasteiger partial charge in [-0.25, -0.2) is 4.39 Å². The minimum Gasteiger partial charge on any atom is -0.388 e. The van der Waals surface area contributed by atoms with Crippen LogP contribution in [0.25, 0.3) is 11.4 Å². The van der Waals surface area contributed by atoms with Crippen molar-refractivity contribution in [1.82, 2.24) is 14.8 Å². The van der Waals surface area contributed by atoms with Gasteiger partial charge < -0.3 is 9.67 Å². The lowest BCUT2D eigenvalue weighted by Crippen LogP contribution is -2.05. The Balaban J connectivity index is 2.49. The Labute approximate surface area is 109 Å². The van der Waals surface area contributed by atoms with E-state index < -0.39 is 5.82 Å². The fourth-order valence-corrected chi connectivity index (χ4v) is 1.94. The average Bonchev–Trinajstić information content (AvgIpc) is 2.76. The second-order valence-corrected chi connectivity index (χ2v) is 4.29. The molecule has 6 heteroatoms. The molecule has 0 amide bonds. The number of nitrogens with zero attached hydrogens (tertiary/aromatic N) is 3. The molecule has 0 aliphatic carbocycles. The molecular weight excluding hydrogens is 257 g/mol. The number of hydrogen-bond donors (Lipinski definition) is 1. The number of rotatable bonds is 4. The van der Waals surface area contributed by atoms with Crippen LogP contribution in [0.1, 0.15) is 19.2 Å². The highest BCUT2D eigenvalue weighted by Gasteiger charge is 2.13. The Bertz CT molecular complexity index is 556. The van der Waals surface area contributed by atoms with Crippen LogP contribution >= 0.6 is 11.6 Å². The highest BCUT2D eigenvalue weighted by molar-refractivity contribution is 6.31. The molecule has 0 aliphatic rings. The lowest BCUT2D eigenvalue weighted by Gasteiger charge is -2.08. The van der Waals surface area contributed by atoms with Crippen molar-refractivity contribution in [2.24, 2.45) is 0 Å². The molecule has 1 aromatic heterocycles. The van der Waals surface area contributed by atoms with Gasteiger partial charge in [-0.2, -0.15) is 0 Å². The van der Waals surface area contributed by atoms with Crippen molar-refractivity contribution in [3.05, 3.63) is 34.9 Å². The summed E-state index contributed by atoms with van der Waals surface area (Å²) in [5.41, 5.74) is 0.682. The third kappa shape index (κ3) is 2.37. The monoisotopic (exact) mass is 269 g/mol. The van der Waals surface area contributed by atoms with Crippen molar-refractivity contribution in [2.75, 3.05) is 0 Å². The number of aliphatic hydroxyl groups is 1. The zero-order chi connectivity index (χ0) is 13.1. The predicted molar refractivity (Wildman–Crippen MR) is 66.6 cm³/mol. The van der Waals surface area contributed by atoms with Crippen LogP contribution in [-0.4, -0.2) is 19.9 Å². The van der Waals surface area contributed by atoms with Crippen LogP contribution in [0, 0.1) is 5.82 Å². The standard InChI is InChI=1S/C12H13ClFN3O/c1-2-5-17-11(7-18)15-16-12(17)8-3-4-10(14)9(13)6-8/h3-4,6,18H,2,5,7H2,1H3. The van der Waals surface area contributed by atoms with Crippen molar-refractivity contribution in [1.29, 1.82) is 0 Å². The third-order valence-electron chi connectivity index (χ3n) is 2.59. The molecule has 0 saturated carbocycles. The first-order valence-corrected chi connectivity index (χ1v) is 6.03. The van der Waals surface area contributed by atoms with E-state index in [0.717, 1.165) is 6.42 Å². The fraction of sp³-hybridized carbons (Fsp3) is 0.333. The van der Waals surface area contributed by atoms with Gasteiger partial charge in [0.25, 0.3) is 0 Å². The lowest BCUT2D eigenvalue weighted by atomic mass is 10.2. The summed E-state index contributed by atoms with van der Waals surface area (Å²) in [6.45, 7) is 2.53. The molecule has 1 heterocycles. The van der Waals surface area contributed by atoms with Crippen LogP contribution in [0.15, 0.2) is 18.2 Å². The van der Waals surface area contributed by atoms with Crippen LogP contribution in [0.3, 0.4) is 0 Å². The van der Waals surface area contributed by atoms with E-state index in [1.807, 2.05) is 11.5 Å². The average molecular weight is 270 g/mol. The summed E-state index contributed by atoms with van der Waals surface area (Å²) in [6, 6.07) is 4.40. The Morgan fingerprint density at radius 2 is 2.17 bits per heavy atom. The van der Waals surface area contributed by atoms with E-state index in [0.29, 0.717) is 23.8 Å². The van der Waals surface area contributed by atoms with Crippen LogP contribution in [0.5, 0.6) is 0 Å². The number of aromatic nitrogens is 3. The number of benzene rings is 1. The molecule has 0 unspecified atom stereocenters. The summed E-state index contributed by atoms with van der Waals surface area (Å²) in [5.74, 6) is 0.611. The molecule has 2 rings (SSSR count). The molecule has 96 valence electrons. The van der Waals surface area contributed by atoms with Gasteiger partial charge in [-0.15, -0.1) is 10.2 Å². The smallest absolute Gasteiger partial charge is 0.164 e. The third-order valence-corrected chi connectivity index (χ3v) is 2.88. The molecule has 18 heavy (non-hydrogen) atoms. The van der Waals surface area contributed by atoms with Gasteiger partial charge in [0, 0.05) is 12.1 Å². The molecule has 1 aromatic carbocycles. The minimum atomic E-state index is -0.468. The quantitative estimate of drug-likeness (QED) is 0.928. The SMILES string of the molecule is CCCn1c(CO)nnc1-c1ccc(F)c(Cl)c1. The maximum atomic E-state index is 13.1. The highest BCUT2D eigenvalue weighted by Crippen LogP contribution is 2.24. The second kappa shape index (κ2) is 5.46. The molecule has 0 saturated heterocycles. The first-order chi connectivity index (χ1) is 8.67. The van der Waals surface area contributed by atoms with Crippen LogP contribution in [0.4, 0.5) is 4.39 Å². The molecule has 0 aliphatic heterocycles. The van der Waals surface area contributed by atoms with Gasteiger partial charge in [0.05, 0.1) is 5.02 Å². The molecule has 0 radical (unpaired) electrons. The molecule has 4 nitrogen and oxygen atoms in total. The largest absolute Gasteiger partial charge is 0.388 e. The van der Waals surface area contributed by atoms with Gasteiger partial charge in [0.15, 0.2) is 11.6 Å². The van der Waals surface area contributed by atoms with Crippen molar-refractivity contribution in [3.8, 4) is 11.4 Å². The maximum absolute atomic E-state index is 13.1.